The minimum atomic E-state index is -3.78. The van der Waals surface area contributed by atoms with E-state index < -0.39 is 10.0 Å². The number of nitrogens with one attached hydrogen (secondary N) is 1. The van der Waals surface area contributed by atoms with Crippen LogP contribution in [0.1, 0.15) is 13.3 Å². The Bertz CT molecular complexity index is 1080. The van der Waals surface area contributed by atoms with Crippen LogP contribution in [0.2, 0.25) is 5.02 Å². The minimum Gasteiger partial charge on any atom is -0.366 e. The van der Waals surface area contributed by atoms with E-state index in [0.29, 0.717) is 22.1 Å². The van der Waals surface area contributed by atoms with Crippen LogP contribution >= 0.6 is 11.6 Å². The van der Waals surface area contributed by atoms with E-state index in [0.717, 1.165) is 31.7 Å². The highest BCUT2D eigenvalue weighted by Gasteiger charge is 2.26. The molecule has 1 N–H and O–H groups in total. The molecule has 0 radical (unpaired) electrons. The number of pyridine rings is 1. The maximum atomic E-state index is 13.3. The SMILES string of the molecule is CC[C@H]1CN(c2cn(S(=O)(=O)c3cccc(Cl)c3)c3cccnc23)CCN1. The van der Waals surface area contributed by atoms with Crippen molar-refractivity contribution in [1.29, 1.82) is 0 Å². The molecule has 1 aliphatic rings. The largest absolute Gasteiger partial charge is 0.366 e. The van der Waals surface area contributed by atoms with Gasteiger partial charge in [0.2, 0.25) is 0 Å². The second-order valence-corrected chi connectivity index (χ2v) is 8.90. The van der Waals surface area contributed by atoms with Gasteiger partial charge in [0.05, 0.1) is 16.1 Å². The average molecular weight is 405 g/mol. The van der Waals surface area contributed by atoms with Gasteiger partial charge in [0, 0.05) is 43.1 Å². The maximum Gasteiger partial charge on any atom is 0.268 e. The molecule has 142 valence electrons. The van der Waals surface area contributed by atoms with E-state index in [4.69, 9.17) is 11.6 Å². The lowest BCUT2D eigenvalue weighted by Crippen LogP contribution is -2.50. The van der Waals surface area contributed by atoms with Crippen molar-refractivity contribution >= 4 is 38.3 Å². The van der Waals surface area contributed by atoms with Gasteiger partial charge in [0.25, 0.3) is 10.0 Å². The fourth-order valence-corrected chi connectivity index (χ4v) is 5.16. The quantitative estimate of drug-likeness (QED) is 0.723. The zero-order valence-corrected chi connectivity index (χ0v) is 16.5. The fraction of sp³-hybridized carbons (Fsp3) is 0.316. The Kier molecular flexibility index (Phi) is 4.84. The zero-order valence-electron chi connectivity index (χ0n) is 15.0. The Balaban J connectivity index is 1.85. The molecule has 0 aliphatic carbocycles. The molecule has 8 heteroatoms. The van der Waals surface area contributed by atoms with Gasteiger partial charge in [0.15, 0.2) is 0 Å². The first-order valence-corrected chi connectivity index (χ1v) is 10.8. The first-order chi connectivity index (χ1) is 13.0. The molecule has 2 aromatic heterocycles. The number of piperazine rings is 1. The van der Waals surface area contributed by atoms with Crippen molar-refractivity contribution in [2.45, 2.75) is 24.3 Å². The van der Waals surface area contributed by atoms with Crippen molar-refractivity contribution in [2.75, 3.05) is 24.5 Å². The van der Waals surface area contributed by atoms with Crippen LogP contribution in [-0.2, 0) is 10.0 Å². The summed E-state index contributed by atoms with van der Waals surface area (Å²) in [4.78, 5) is 6.85. The topological polar surface area (TPSA) is 67.2 Å². The molecule has 1 saturated heterocycles. The van der Waals surface area contributed by atoms with Crippen molar-refractivity contribution in [3.8, 4) is 0 Å². The molecule has 1 aliphatic heterocycles. The highest BCUT2D eigenvalue weighted by Crippen LogP contribution is 2.31. The zero-order chi connectivity index (χ0) is 19.0. The standard InChI is InChI=1S/C19H21ClN4O2S/c1-2-15-12-23(10-9-21-15)18-13-24(17-7-4-8-22-19(17)18)27(25,26)16-6-3-5-14(20)11-16/h3-8,11,13,15,21H,2,9-10,12H2,1H3/t15-/m0/s1. The summed E-state index contributed by atoms with van der Waals surface area (Å²) >= 11 is 6.01. The van der Waals surface area contributed by atoms with Crippen LogP contribution < -0.4 is 10.2 Å². The van der Waals surface area contributed by atoms with Crippen LogP contribution in [0.15, 0.2) is 53.7 Å². The van der Waals surface area contributed by atoms with E-state index in [1.54, 1.807) is 42.7 Å². The average Bonchev–Trinajstić information content (AvgIpc) is 3.08. The Morgan fingerprint density at radius 3 is 2.93 bits per heavy atom. The molecule has 0 bridgehead atoms. The van der Waals surface area contributed by atoms with Gasteiger partial charge in [-0.3, -0.25) is 4.98 Å². The molecule has 1 atom stereocenters. The molecule has 0 saturated carbocycles. The smallest absolute Gasteiger partial charge is 0.268 e. The summed E-state index contributed by atoms with van der Waals surface area (Å²) in [6.07, 6.45) is 4.40. The monoisotopic (exact) mass is 404 g/mol. The van der Waals surface area contributed by atoms with Gasteiger partial charge in [-0.1, -0.05) is 24.6 Å². The Labute approximate surface area is 163 Å². The van der Waals surface area contributed by atoms with Gasteiger partial charge in [-0.25, -0.2) is 12.4 Å². The molecule has 27 heavy (non-hydrogen) atoms. The normalized spacial score (nSPS) is 18.1. The van der Waals surface area contributed by atoms with E-state index in [9.17, 15) is 8.42 Å². The summed E-state index contributed by atoms with van der Waals surface area (Å²) in [6, 6.07) is 10.2. The van der Waals surface area contributed by atoms with Crippen molar-refractivity contribution in [2.24, 2.45) is 0 Å². The Hall–Kier alpha value is -2.09. The molecule has 6 nitrogen and oxygen atoms in total. The third-order valence-electron chi connectivity index (χ3n) is 4.95. The van der Waals surface area contributed by atoms with Crippen LogP contribution in [-0.4, -0.2) is 43.1 Å². The summed E-state index contributed by atoms with van der Waals surface area (Å²) in [5.41, 5.74) is 2.11. The molecule has 4 rings (SSSR count). The van der Waals surface area contributed by atoms with E-state index in [1.165, 1.54) is 10.0 Å². The van der Waals surface area contributed by atoms with E-state index in [2.05, 4.69) is 22.1 Å². The third-order valence-corrected chi connectivity index (χ3v) is 6.85. The lowest BCUT2D eigenvalue weighted by molar-refractivity contribution is 0.447. The fourth-order valence-electron chi connectivity index (χ4n) is 3.50. The van der Waals surface area contributed by atoms with Crippen LogP contribution in [0.5, 0.6) is 0 Å². The predicted octanol–water partition coefficient (Wildman–Crippen LogP) is 3.11. The van der Waals surface area contributed by atoms with Gasteiger partial charge in [-0.05, 0) is 36.8 Å². The number of benzene rings is 1. The number of halogens is 1. The number of hydrogen-bond donors (Lipinski definition) is 1. The van der Waals surface area contributed by atoms with E-state index in [1.807, 2.05) is 0 Å². The second kappa shape index (κ2) is 7.14. The summed E-state index contributed by atoms with van der Waals surface area (Å²) in [7, 11) is -3.78. The maximum absolute atomic E-state index is 13.3. The van der Waals surface area contributed by atoms with E-state index in [-0.39, 0.29) is 4.90 Å². The summed E-state index contributed by atoms with van der Waals surface area (Å²) in [6.45, 7) is 4.64. The molecular weight excluding hydrogens is 384 g/mol. The van der Waals surface area contributed by atoms with Crippen LogP contribution in [0.3, 0.4) is 0 Å². The second-order valence-electron chi connectivity index (χ2n) is 6.65. The Morgan fingerprint density at radius 2 is 2.15 bits per heavy atom. The van der Waals surface area contributed by atoms with Crippen LogP contribution in [0.4, 0.5) is 5.69 Å². The molecule has 1 fully saturated rings. The highest BCUT2D eigenvalue weighted by molar-refractivity contribution is 7.90. The molecule has 3 heterocycles. The minimum absolute atomic E-state index is 0.161. The van der Waals surface area contributed by atoms with Crippen molar-refractivity contribution < 1.29 is 8.42 Å². The predicted molar refractivity (Wildman–Crippen MR) is 108 cm³/mol. The van der Waals surface area contributed by atoms with Crippen LogP contribution in [0.25, 0.3) is 11.0 Å². The number of anilines is 1. The molecule has 0 unspecified atom stereocenters. The van der Waals surface area contributed by atoms with Gasteiger partial charge in [-0.2, -0.15) is 0 Å². The number of hydrogen-bond acceptors (Lipinski definition) is 5. The van der Waals surface area contributed by atoms with Crippen molar-refractivity contribution in [3.63, 3.8) is 0 Å². The summed E-state index contributed by atoms with van der Waals surface area (Å²) < 4.78 is 27.8. The van der Waals surface area contributed by atoms with Crippen LogP contribution in [0, 0.1) is 0 Å². The summed E-state index contributed by atoms with van der Waals surface area (Å²) in [5, 5.41) is 3.87. The number of fused-ring (bicyclic) bond motifs is 1. The van der Waals surface area contributed by atoms with Crippen molar-refractivity contribution in [1.82, 2.24) is 14.3 Å². The third kappa shape index (κ3) is 3.31. The van der Waals surface area contributed by atoms with E-state index >= 15 is 0 Å². The number of rotatable bonds is 4. The van der Waals surface area contributed by atoms with Gasteiger partial charge in [0.1, 0.15) is 5.52 Å². The number of nitrogens with zero attached hydrogens (tertiary/aromatic N) is 3. The highest BCUT2D eigenvalue weighted by atomic mass is 35.5. The number of aromatic nitrogens is 2. The molecule has 0 amide bonds. The van der Waals surface area contributed by atoms with Gasteiger partial charge in [-0.15, -0.1) is 0 Å². The first kappa shape index (κ1) is 18.3. The molecule has 1 aromatic carbocycles. The Morgan fingerprint density at radius 1 is 1.30 bits per heavy atom. The first-order valence-electron chi connectivity index (χ1n) is 8.96. The molecular formula is C19H21ClN4O2S. The molecule has 3 aromatic rings. The molecule has 0 spiro atoms. The van der Waals surface area contributed by atoms with Crippen molar-refractivity contribution in [3.05, 3.63) is 53.8 Å². The summed E-state index contributed by atoms with van der Waals surface area (Å²) in [5.74, 6) is 0. The lowest BCUT2D eigenvalue weighted by atomic mass is 10.1. The van der Waals surface area contributed by atoms with Gasteiger partial charge >= 0.3 is 0 Å². The lowest BCUT2D eigenvalue weighted by Gasteiger charge is -2.34. The van der Waals surface area contributed by atoms with Gasteiger partial charge < -0.3 is 10.2 Å².